The first-order valence-electron chi connectivity index (χ1n) is 9.98. The zero-order valence-corrected chi connectivity index (χ0v) is 19.6. The highest BCUT2D eigenvalue weighted by Crippen LogP contribution is 2.36. The van der Waals surface area contributed by atoms with E-state index >= 15 is 0 Å². The first kappa shape index (κ1) is 24.0. The predicted octanol–water partition coefficient (Wildman–Crippen LogP) is 5.19. The SMILES string of the molecule is COc1ccc(NC(=O)CN2C(=O)S/C(=C/c3ccc(-c4ccc(Cl)cc4[N+](=O)[O-])o3)C2=O)cc1. The average molecular weight is 514 g/mol. The number of hydrogen-bond acceptors (Lipinski definition) is 8. The molecule has 1 aromatic heterocycles. The van der Waals surface area contributed by atoms with Crippen LogP contribution in [0.3, 0.4) is 0 Å². The second-order valence-electron chi connectivity index (χ2n) is 7.17. The molecule has 35 heavy (non-hydrogen) atoms. The first-order valence-corrected chi connectivity index (χ1v) is 11.2. The summed E-state index contributed by atoms with van der Waals surface area (Å²) in [7, 11) is 1.52. The number of imide groups is 1. The number of nitrogens with zero attached hydrogens (tertiary/aromatic N) is 2. The number of carbonyl (C=O) groups is 3. The van der Waals surface area contributed by atoms with E-state index in [4.69, 9.17) is 20.8 Å². The van der Waals surface area contributed by atoms with Crippen molar-refractivity contribution in [3.63, 3.8) is 0 Å². The number of anilines is 1. The molecule has 0 unspecified atom stereocenters. The summed E-state index contributed by atoms with van der Waals surface area (Å²) in [4.78, 5) is 49.1. The van der Waals surface area contributed by atoms with Gasteiger partial charge in [0.1, 0.15) is 23.8 Å². The van der Waals surface area contributed by atoms with Gasteiger partial charge in [-0.25, -0.2) is 0 Å². The second kappa shape index (κ2) is 10.0. The van der Waals surface area contributed by atoms with E-state index in [-0.39, 0.29) is 32.7 Å². The van der Waals surface area contributed by atoms with Crippen LogP contribution in [-0.2, 0) is 9.59 Å². The minimum Gasteiger partial charge on any atom is -0.497 e. The van der Waals surface area contributed by atoms with Crippen LogP contribution in [0.1, 0.15) is 5.76 Å². The number of thioether (sulfide) groups is 1. The van der Waals surface area contributed by atoms with Gasteiger partial charge in [-0.2, -0.15) is 0 Å². The number of benzene rings is 2. The van der Waals surface area contributed by atoms with E-state index in [1.54, 1.807) is 24.3 Å². The zero-order chi connectivity index (χ0) is 25.1. The van der Waals surface area contributed by atoms with Gasteiger partial charge in [0.15, 0.2) is 0 Å². The van der Waals surface area contributed by atoms with Crippen molar-refractivity contribution in [2.75, 3.05) is 19.0 Å². The number of carbonyl (C=O) groups excluding carboxylic acids is 3. The van der Waals surface area contributed by atoms with Crippen molar-refractivity contribution in [2.45, 2.75) is 0 Å². The van der Waals surface area contributed by atoms with Crippen LogP contribution in [0.4, 0.5) is 16.2 Å². The minimum absolute atomic E-state index is 0.0544. The van der Waals surface area contributed by atoms with Crippen LogP contribution in [0.25, 0.3) is 17.4 Å². The van der Waals surface area contributed by atoms with Crippen molar-refractivity contribution in [1.29, 1.82) is 0 Å². The Kier molecular flexibility index (Phi) is 6.90. The highest BCUT2D eigenvalue weighted by atomic mass is 35.5. The highest BCUT2D eigenvalue weighted by Gasteiger charge is 2.36. The van der Waals surface area contributed by atoms with Crippen LogP contribution >= 0.6 is 23.4 Å². The van der Waals surface area contributed by atoms with Gasteiger partial charge in [0.25, 0.3) is 16.8 Å². The number of rotatable bonds is 7. The maximum atomic E-state index is 12.7. The largest absolute Gasteiger partial charge is 0.497 e. The number of amides is 3. The molecule has 0 saturated carbocycles. The molecular formula is C23H16ClN3O7S. The third-order valence-electron chi connectivity index (χ3n) is 4.87. The number of furan rings is 1. The summed E-state index contributed by atoms with van der Waals surface area (Å²) in [5, 5.41) is 13.6. The summed E-state index contributed by atoms with van der Waals surface area (Å²) in [6.45, 7) is -0.464. The molecule has 10 nitrogen and oxygen atoms in total. The van der Waals surface area contributed by atoms with Crippen molar-refractivity contribution >= 4 is 57.9 Å². The van der Waals surface area contributed by atoms with Crippen LogP contribution in [0.2, 0.25) is 5.02 Å². The molecule has 2 heterocycles. The molecule has 1 fully saturated rings. The smallest absolute Gasteiger partial charge is 0.294 e. The van der Waals surface area contributed by atoms with Crippen LogP contribution in [0.5, 0.6) is 5.75 Å². The van der Waals surface area contributed by atoms with Crippen LogP contribution < -0.4 is 10.1 Å². The fourth-order valence-corrected chi connectivity index (χ4v) is 4.21. The van der Waals surface area contributed by atoms with E-state index < -0.39 is 28.5 Å². The Bertz CT molecular complexity index is 1370. The Labute approximate surface area is 207 Å². The lowest BCUT2D eigenvalue weighted by Crippen LogP contribution is -2.36. The summed E-state index contributed by atoms with van der Waals surface area (Å²) in [6.07, 6.45) is 1.34. The van der Waals surface area contributed by atoms with Gasteiger partial charge in [0.2, 0.25) is 5.91 Å². The quantitative estimate of drug-likeness (QED) is 0.259. The van der Waals surface area contributed by atoms with Gasteiger partial charge in [-0.05, 0) is 60.3 Å². The van der Waals surface area contributed by atoms with Crippen molar-refractivity contribution in [3.05, 3.63) is 80.4 Å². The van der Waals surface area contributed by atoms with Crippen molar-refractivity contribution in [1.82, 2.24) is 4.90 Å². The number of nitrogens with one attached hydrogen (secondary N) is 1. The summed E-state index contributed by atoms with van der Waals surface area (Å²) in [6, 6.07) is 13.8. The van der Waals surface area contributed by atoms with E-state index in [2.05, 4.69) is 5.32 Å². The van der Waals surface area contributed by atoms with Gasteiger partial charge in [-0.15, -0.1) is 0 Å². The molecular weight excluding hydrogens is 498 g/mol. The number of ether oxygens (including phenoxy) is 1. The first-order chi connectivity index (χ1) is 16.7. The summed E-state index contributed by atoms with van der Waals surface area (Å²) >= 11 is 6.51. The fourth-order valence-electron chi connectivity index (χ4n) is 3.22. The molecule has 1 N–H and O–H groups in total. The normalized spacial score (nSPS) is 14.5. The molecule has 178 valence electrons. The zero-order valence-electron chi connectivity index (χ0n) is 18.0. The van der Waals surface area contributed by atoms with Crippen molar-refractivity contribution in [2.24, 2.45) is 0 Å². The van der Waals surface area contributed by atoms with E-state index in [0.717, 1.165) is 4.90 Å². The van der Waals surface area contributed by atoms with Gasteiger partial charge >= 0.3 is 0 Å². The van der Waals surface area contributed by atoms with E-state index in [9.17, 15) is 24.5 Å². The Balaban J connectivity index is 1.47. The number of nitro benzene ring substituents is 1. The molecule has 1 aliphatic heterocycles. The number of halogens is 1. The van der Waals surface area contributed by atoms with Crippen molar-refractivity contribution in [3.8, 4) is 17.1 Å². The Hall–Kier alpha value is -4.09. The third-order valence-corrected chi connectivity index (χ3v) is 6.01. The molecule has 1 aliphatic rings. The number of nitro groups is 1. The van der Waals surface area contributed by atoms with E-state index in [1.165, 1.54) is 43.5 Å². The van der Waals surface area contributed by atoms with E-state index in [1.807, 2.05) is 0 Å². The molecule has 2 aromatic carbocycles. The van der Waals surface area contributed by atoms with Crippen LogP contribution in [0, 0.1) is 10.1 Å². The van der Waals surface area contributed by atoms with Gasteiger partial charge in [0, 0.05) is 22.9 Å². The maximum absolute atomic E-state index is 12.7. The van der Waals surface area contributed by atoms with Crippen LogP contribution in [0.15, 0.2) is 63.9 Å². The molecule has 3 aromatic rings. The molecule has 12 heteroatoms. The lowest BCUT2D eigenvalue weighted by molar-refractivity contribution is -0.384. The monoisotopic (exact) mass is 513 g/mol. The van der Waals surface area contributed by atoms with Gasteiger partial charge in [0.05, 0.1) is 22.5 Å². The van der Waals surface area contributed by atoms with Gasteiger partial charge in [-0.1, -0.05) is 11.6 Å². The van der Waals surface area contributed by atoms with Crippen LogP contribution in [-0.4, -0.2) is 40.5 Å². The fraction of sp³-hybridized carbons (Fsp3) is 0.0870. The molecule has 0 aliphatic carbocycles. The minimum atomic E-state index is -0.652. The predicted molar refractivity (Wildman–Crippen MR) is 130 cm³/mol. The number of methoxy groups -OCH3 is 1. The number of hydrogen-bond donors (Lipinski definition) is 1. The average Bonchev–Trinajstić information content (AvgIpc) is 3.39. The topological polar surface area (TPSA) is 132 Å². The molecule has 4 rings (SSSR count). The van der Waals surface area contributed by atoms with E-state index in [0.29, 0.717) is 23.2 Å². The van der Waals surface area contributed by atoms with Gasteiger partial charge in [-0.3, -0.25) is 29.4 Å². The molecule has 0 radical (unpaired) electrons. The summed E-state index contributed by atoms with van der Waals surface area (Å²) < 4.78 is 10.7. The molecule has 0 atom stereocenters. The lowest BCUT2D eigenvalue weighted by atomic mass is 10.1. The molecule has 1 saturated heterocycles. The second-order valence-corrected chi connectivity index (χ2v) is 8.59. The van der Waals surface area contributed by atoms with Crippen molar-refractivity contribution < 1.29 is 28.5 Å². The molecule has 0 bridgehead atoms. The summed E-state index contributed by atoms with van der Waals surface area (Å²) in [5.41, 5.74) is 0.460. The third kappa shape index (κ3) is 5.36. The molecule has 0 spiro atoms. The standard InChI is InChI=1S/C23H16ClN3O7S/c1-33-15-5-3-14(4-6-15)25-21(28)12-26-22(29)20(35-23(26)30)11-16-7-9-19(34-16)17-8-2-13(24)10-18(17)27(31)32/h2-11H,12H2,1H3,(H,25,28)/b20-11+. The molecule has 3 amide bonds. The Morgan fingerprint density at radius 3 is 2.63 bits per heavy atom. The Morgan fingerprint density at radius 1 is 1.20 bits per heavy atom. The highest BCUT2D eigenvalue weighted by molar-refractivity contribution is 8.18. The Morgan fingerprint density at radius 2 is 1.94 bits per heavy atom. The van der Waals surface area contributed by atoms with Gasteiger partial charge < -0.3 is 14.5 Å². The maximum Gasteiger partial charge on any atom is 0.294 e. The lowest BCUT2D eigenvalue weighted by Gasteiger charge is -2.12. The summed E-state index contributed by atoms with van der Waals surface area (Å²) in [5.74, 6) is -0.185.